The van der Waals surface area contributed by atoms with Crippen LogP contribution in [-0.2, 0) is 0 Å². The molecular weight excluding hydrogens is 284 g/mol. The van der Waals surface area contributed by atoms with Crippen LogP contribution in [0.1, 0.15) is 36.7 Å². The van der Waals surface area contributed by atoms with E-state index in [0.717, 1.165) is 22.4 Å². The maximum atomic E-state index is 11.5. The fraction of sp³-hybridized carbons (Fsp3) is 0.278. The maximum Gasteiger partial charge on any atom is 0.159 e. The molecule has 2 aromatic carbocycles. The molecule has 0 N–H and O–H groups in total. The molecule has 0 aliphatic rings. The first-order chi connectivity index (χ1) is 9.88. The lowest BCUT2D eigenvalue weighted by molar-refractivity contribution is 0.101. The molecule has 0 spiro atoms. The molecule has 0 aromatic heterocycles. The van der Waals surface area contributed by atoms with E-state index < -0.39 is 0 Å². The Morgan fingerprint density at radius 3 is 2.48 bits per heavy atom. The number of hydrogen-bond acceptors (Lipinski definition) is 2. The Kier molecular flexibility index (Phi) is 4.69. The molecule has 0 amide bonds. The van der Waals surface area contributed by atoms with Crippen LogP contribution in [0.25, 0.3) is 11.1 Å². The molecule has 0 saturated carbocycles. The first-order valence-electron chi connectivity index (χ1n) is 6.96. The normalized spacial score (nSPS) is 10.8. The van der Waals surface area contributed by atoms with E-state index in [1.165, 1.54) is 0 Å². The molecule has 3 heteroatoms. The Hall–Kier alpha value is -1.80. The van der Waals surface area contributed by atoms with E-state index >= 15 is 0 Å². The summed E-state index contributed by atoms with van der Waals surface area (Å²) in [6.45, 7) is 7.55. The Morgan fingerprint density at radius 1 is 1.14 bits per heavy atom. The van der Waals surface area contributed by atoms with Gasteiger partial charge in [0, 0.05) is 16.1 Å². The van der Waals surface area contributed by atoms with Gasteiger partial charge >= 0.3 is 0 Å². The van der Waals surface area contributed by atoms with E-state index in [1.54, 1.807) is 19.1 Å². The van der Waals surface area contributed by atoms with Gasteiger partial charge in [-0.1, -0.05) is 23.7 Å². The van der Waals surface area contributed by atoms with Gasteiger partial charge in [0.25, 0.3) is 0 Å². The van der Waals surface area contributed by atoms with Gasteiger partial charge in [0.2, 0.25) is 0 Å². The first kappa shape index (κ1) is 15.6. The van der Waals surface area contributed by atoms with Gasteiger partial charge in [0.15, 0.2) is 5.78 Å². The van der Waals surface area contributed by atoms with Gasteiger partial charge in [-0.05, 0) is 63.1 Å². The maximum absolute atomic E-state index is 11.5. The number of aryl methyl sites for hydroxylation is 1. The number of hydrogen-bond donors (Lipinski definition) is 0. The second-order valence-corrected chi connectivity index (χ2v) is 5.80. The number of Topliss-reactive ketones (excluding diaryl/α,β-unsaturated/α-hetero) is 1. The SMILES string of the molecule is CC(=O)c1ccc(Cl)c(-c2ccc(C)c(OC(C)C)c2)c1. The molecule has 0 aliphatic carbocycles. The number of benzene rings is 2. The predicted molar refractivity (Wildman–Crippen MR) is 87.4 cm³/mol. The average Bonchev–Trinajstić information content (AvgIpc) is 2.41. The lowest BCUT2D eigenvalue weighted by Gasteiger charge is -2.14. The summed E-state index contributed by atoms with van der Waals surface area (Å²) >= 11 is 6.28. The van der Waals surface area contributed by atoms with Gasteiger partial charge < -0.3 is 4.74 Å². The zero-order valence-corrected chi connectivity index (χ0v) is 13.5. The van der Waals surface area contributed by atoms with Crippen LogP contribution in [0, 0.1) is 6.92 Å². The van der Waals surface area contributed by atoms with Crippen molar-refractivity contribution < 1.29 is 9.53 Å². The Labute approximate surface area is 130 Å². The summed E-state index contributed by atoms with van der Waals surface area (Å²) in [4.78, 5) is 11.5. The number of carbonyl (C=O) groups is 1. The van der Waals surface area contributed by atoms with Crippen LogP contribution in [0.3, 0.4) is 0 Å². The van der Waals surface area contributed by atoms with Crippen LogP contribution < -0.4 is 4.74 Å². The van der Waals surface area contributed by atoms with Crippen LogP contribution >= 0.6 is 11.6 Å². The fourth-order valence-corrected chi connectivity index (χ4v) is 2.34. The summed E-state index contributed by atoms with van der Waals surface area (Å²) in [6, 6.07) is 11.3. The highest BCUT2D eigenvalue weighted by Crippen LogP contribution is 2.33. The fourth-order valence-electron chi connectivity index (χ4n) is 2.11. The Balaban J connectivity index is 2.51. The van der Waals surface area contributed by atoms with Crippen molar-refractivity contribution in [1.29, 1.82) is 0 Å². The second-order valence-electron chi connectivity index (χ2n) is 5.40. The molecule has 2 aromatic rings. The highest BCUT2D eigenvalue weighted by atomic mass is 35.5. The number of rotatable bonds is 4. The number of ether oxygens (including phenoxy) is 1. The van der Waals surface area contributed by atoms with Crippen molar-refractivity contribution in [1.82, 2.24) is 0 Å². The summed E-state index contributed by atoms with van der Waals surface area (Å²) in [5.41, 5.74) is 3.52. The molecule has 0 atom stereocenters. The minimum atomic E-state index is 0.0266. The summed E-state index contributed by atoms with van der Waals surface area (Å²) in [6.07, 6.45) is 0.109. The summed E-state index contributed by atoms with van der Waals surface area (Å²) < 4.78 is 5.81. The third kappa shape index (κ3) is 3.64. The smallest absolute Gasteiger partial charge is 0.159 e. The number of ketones is 1. The zero-order chi connectivity index (χ0) is 15.6. The molecule has 0 heterocycles. The molecule has 0 saturated heterocycles. The minimum Gasteiger partial charge on any atom is -0.491 e. The molecule has 110 valence electrons. The van der Waals surface area contributed by atoms with Crippen molar-refractivity contribution in [2.45, 2.75) is 33.8 Å². The molecular formula is C18H19ClO2. The molecule has 2 rings (SSSR count). The average molecular weight is 303 g/mol. The molecule has 0 fully saturated rings. The van der Waals surface area contributed by atoms with Crippen molar-refractivity contribution in [3.05, 3.63) is 52.5 Å². The summed E-state index contributed by atoms with van der Waals surface area (Å²) in [5.74, 6) is 0.866. The first-order valence-corrected chi connectivity index (χ1v) is 7.34. The van der Waals surface area contributed by atoms with Crippen LogP contribution in [0.4, 0.5) is 0 Å². The largest absolute Gasteiger partial charge is 0.491 e. The van der Waals surface area contributed by atoms with Gasteiger partial charge in [-0.3, -0.25) is 4.79 Å². The summed E-state index contributed by atoms with van der Waals surface area (Å²) in [5, 5.41) is 0.624. The van der Waals surface area contributed by atoms with Crippen LogP contribution in [-0.4, -0.2) is 11.9 Å². The van der Waals surface area contributed by atoms with Gasteiger partial charge in [0.1, 0.15) is 5.75 Å². The highest BCUT2D eigenvalue weighted by molar-refractivity contribution is 6.33. The van der Waals surface area contributed by atoms with Crippen molar-refractivity contribution in [3.8, 4) is 16.9 Å². The second kappa shape index (κ2) is 6.31. The Bertz CT molecular complexity index is 675. The third-order valence-corrected chi connectivity index (χ3v) is 3.56. The van der Waals surface area contributed by atoms with Crippen molar-refractivity contribution in [2.75, 3.05) is 0 Å². The van der Waals surface area contributed by atoms with Gasteiger partial charge in [-0.25, -0.2) is 0 Å². The molecule has 0 aliphatic heterocycles. The lowest BCUT2D eigenvalue weighted by atomic mass is 10.00. The Morgan fingerprint density at radius 2 is 1.86 bits per heavy atom. The monoisotopic (exact) mass is 302 g/mol. The minimum absolute atomic E-state index is 0.0266. The van der Waals surface area contributed by atoms with E-state index in [2.05, 4.69) is 0 Å². The number of halogens is 1. The molecule has 21 heavy (non-hydrogen) atoms. The van der Waals surface area contributed by atoms with Crippen molar-refractivity contribution >= 4 is 17.4 Å². The standard InChI is InChI=1S/C18H19ClO2/c1-11(2)21-18-10-15(6-5-12(18)3)16-9-14(13(4)20)7-8-17(16)19/h5-11H,1-4H3. The molecule has 0 radical (unpaired) electrons. The zero-order valence-electron chi connectivity index (χ0n) is 12.7. The summed E-state index contributed by atoms with van der Waals surface area (Å²) in [7, 11) is 0. The van der Waals surface area contributed by atoms with E-state index in [0.29, 0.717) is 10.6 Å². The lowest BCUT2D eigenvalue weighted by Crippen LogP contribution is -2.06. The van der Waals surface area contributed by atoms with Crippen LogP contribution in [0.15, 0.2) is 36.4 Å². The quantitative estimate of drug-likeness (QED) is 0.716. The third-order valence-electron chi connectivity index (χ3n) is 3.23. The number of carbonyl (C=O) groups excluding carboxylic acids is 1. The topological polar surface area (TPSA) is 26.3 Å². The van der Waals surface area contributed by atoms with Gasteiger partial charge in [0.05, 0.1) is 6.10 Å². The van der Waals surface area contributed by atoms with Crippen LogP contribution in [0.2, 0.25) is 5.02 Å². The van der Waals surface area contributed by atoms with Crippen molar-refractivity contribution in [2.24, 2.45) is 0 Å². The van der Waals surface area contributed by atoms with Gasteiger partial charge in [-0.2, -0.15) is 0 Å². The molecule has 0 bridgehead atoms. The van der Waals surface area contributed by atoms with Gasteiger partial charge in [-0.15, -0.1) is 0 Å². The van der Waals surface area contributed by atoms with E-state index in [-0.39, 0.29) is 11.9 Å². The highest BCUT2D eigenvalue weighted by Gasteiger charge is 2.10. The van der Waals surface area contributed by atoms with Crippen molar-refractivity contribution in [3.63, 3.8) is 0 Å². The predicted octanol–water partition coefficient (Wildman–Crippen LogP) is 5.31. The molecule has 0 unspecified atom stereocenters. The molecule has 2 nitrogen and oxygen atoms in total. The van der Waals surface area contributed by atoms with E-state index in [9.17, 15) is 4.79 Å². The van der Waals surface area contributed by atoms with E-state index in [1.807, 2.05) is 45.0 Å². The van der Waals surface area contributed by atoms with E-state index in [4.69, 9.17) is 16.3 Å². The van der Waals surface area contributed by atoms with Crippen LogP contribution in [0.5, 0.6) is 5.75 Å².